The van der Waals surface area contributed by atoms with Gasteiger partial charge in [-0.2, -0.15) is 5.10 Å². The Morgan fingerprint density at radius 2 is 2.43 bits per heavy atom. The molecular weight excluding hydrogens is 174 g/mol. The molecule has 1 fully saturated rings. The molecule has 1 aromatic rings. The summed E-state index contributed by atoms with van der Waals surface area (Å²) in [5.74, 6) is 0.925. The minimum Gasteiger partial charge on any atom is -0.310 e. The number of aromatic nitrogens is 2. The summed E-state index contributed by atoms with van der Waals surface area (Å²) in [6, 6.07) is 0.435. The van der Waals surface area contributed by atoms with Gasteiger partial charge in [0.1, 0.15) is 0 Å². The molecule has 3 heteroatoms. The maximum atomic E-state index is 4.18. The first-order valence-electron chi connectivity index (χ1n) is 5.47. The third kappa shape index (κ3) is 2.15. The third-order valence-electron chi connectivity index (χ3n) is 3.16. The van der Waals surface area contributed by atoms with Gasteiger partial charge in [-0.25, -0.2) is 0 Å². The highest BCUT2D eigenvalue weighted by molar-refractivity contribution is 5.08. The molecule has 0 aromatic carbocycles. The van der Waals surface area contributed by atoms with Crippen molar-refractivity contribution in [3.8, 4) is 0 Å². The van der Waals surface area contributed by atoms with Crippen molar-refractivity contribution in [2.75, 3.05) is 6.54 Å². The molecule has 78 valence electrons. The molecular formula is C11H19N3. The van der Waals surface area contributed by atoms with E-state index in [0.717, 1.165) is 12.5 Å². The minimum absolute atomic E-state index is 0.435. The lowest BCUT2D eigenvalue weighted by atomic mass is 9.85. The molecule has 0 spiro atoms. The van der Waals surface area contributed by atoms with Crippen molar-refractivity contribution in [3.05, 3.63) is 18.0 Å². The minimum atomic E-state index is 0.435. The van der Waals surface area contributed by atoms with E-state index >= 15 is 0 Å². The van der Waals surface area contributed by atoms with Crippen LogP contribution in [0.5, 0.6) is 0 Å². The average Bonchev–Trinajstić information content (AvgIpc) is 2.49. The number of hydrogen-bond donors (Lipinski definition) is 1. The summed E-state index contributed by atoms with van der Waals surface area (Å²) in [6.45, 7) is 3.37. The number of aryl methyl sites for hydroxylation is 1. The lowest BCUT2D eigenvalue weighted by molar-refractivity contribution is 0.292. The van der Waals surface area contributed by atoms with Gasteiger partial charge in [0.15, 0.2) is 0 Å². The third-order valence-corrected chi connectivity index (χ3v) is 3.16. The Morgan fingerprint density at radius 1 is 1.64 bits per heavy atom. The topological polar surface area (TPSA) is 29.9 Å². The van der Waals surface area contributed by atoms with E-state index in [1.165, 1.54) is 24.8 Å². The monoisotopic (exact) mass is 193 g/mol. The highest BCUT2D eigenvalue weighted by Gasteiger charge is 2.18. The van der Waals surface area contributed by atoms with Gasteiger partial charge in [-0.05, 0) is 32.2 Å². The first-order valence-corrected chi connectivity index (χ1v) is 5.47. The fraction of sp³-hybridized carbons (Fsp3) is 0.727. The van der Waals surface area contributed by atoms with Crippen molar-refractivity contribution in [3.63, 3.8) is 0 Å². The molecule has 0 bridgehead atoms. The fourth-order valence-electron chi connectivity index (χ4n) is 1.82. The van der Waals surface area contributed by atoms with Crippen LogP contribution < -0.4 is 5.32 Å². The first kappa shape index (κ1) is 9.71. The fourth-order valence-corrected chi connectivity index (χ4v) is 1.82. The molecule has 0 saturated heterocycles. The van der Waals surface area contributed by atoms with Crippen LogP contribution in [0.15, 0.2) is 12.4 Å². The second-order valence-corrected chi connectivity index (χ2v) is 4.37. The molecule has 0 radical (unpaired) electrons. The smallest absolute Gasteiger partial charge is 0.0537 e. The molecule has 1 aromatic heterocycles. The van der Waals surface area contributed by atoms with Gasteiger partial charge in [0.05, 0.1) is 6.20 Å². The molecule has 1 N–H and O–H groups in total. The lowest BCUT2D eigenvalue weighted by Crippen LogP contribution is -2.29. The Bertz CT molecular complexity index is 288. The molecule has 1 aliphatic carbocycles. The van der Waals surface area contributed by atoms with Crippen molar-refractivity contribution in [1.29, 1.82) is 0 Å². The zero-order valence-electron chi connectivity index (χ0n) is 9.03. The van der Waals surface area contributed by atoms with Gasteiger partial charge in [0.2, 0.25) is 0 Å². The molecule has 1 unspecified atom stereocenters. The Kier molecular flexibility index (Phi) is 2.87. The van der Waals surface area contributed by atoms with Crippen LogP contribution in [0.3, 0.4) is 0 Å². The summed E-state index contributed by atoms with van der Waals surface area (Å²) in [5, 5.41) is 7.74. The molecule has 1 heterocycles. The maximum absolute atomic E-state index is 4.18. The normalized spacial score (nSPS) is 19.3. The molecule has 3 nitrogen and oxygen atoms in total. The van der Waals surface area contributed by atoms with Crippen molar-refractivity contribution < 1.29 is 0 Å². The summed E-state index contributed by atoms with van der Waals surface area (Å²) in [4.78, 5) is 0. The molecule has 1 aliphatic rings. The van der Waals surface area contributed by atoms with Crippen molar-refractivity contribution >= 4 is 0 Å². The van der Waals surface area contributed by atoms with Crippen LogP contribution in [-0.2, 0) is 7.05 Å². The van der Waals surface area contributed by atoms with Crippen LogP contribution in [0.1, 0.15) is 37.8 Å². The van der Waals surface area contributed by atoms with E-state index in [2.05, 4.69) is 23.5 Å². The number of hydrogen-bond acceptors (Lipinski definition) is 2. The second kappa shape index (κ2) is 4.13. The highest BCUT2D eigenvalue weighted by Crippen LogP contribution is 2.26. The van der Waals surface area contributed by atoms with Gasteiger partial charge in [-0.15, -0.1) is 0 Å². The van der Waals surface area contributed by atoms with Gasteiger partial charge in [0.25, 0.3) is 0 Å². The van der Waals surface area contributed by atoms with Crippen LogP contribution in [0.25, 0.3) is 0 Å². The Morgan fingerprint density at radius 3 is 2.93 bits per heavy atom. The first-order chi connectivity index (χ1) is 6.75. The van der Waals surface area contributed by atoms with E-state index in [-0.39, 0.29) is 0 Å². The van der Waals surface area contributed by atoms with Crippen molar-refractivity contribution in [1.82, 2.24) is 15.1 Å². The van der Waals surface area contributed by atoms with Gasteiger partial charge in [-0.1, -0.05) is 6.42 Å². The number of rotatable bonds is 4. The number of nitrogens with zero attached hydrogens (tertiary/aromatic N) is 2. The Hall–Kier alpha value is -0.830. The van der Waals surface area contributed by atoms with Gasteiger partial charge in [-0.3, -0.25) is 4.68 Å². The van der Waals surface area contributed by atoms with E-state index in [1.54, 1.807) is 0 Å². The summed E-state index contributed by atoms with van der Waals surface area (Å²) in [6.07, 6.45) is 8.27. The van der Waals surface area contributed by atoms with Gasteiger partial charge < -0.3 is 5.32 Å². The summed E-state index contributed by atoms with van der Waals surface area (Å²) < 4.78 is 1.86. The van der Waals surface area contributed by atoms with Crippen LogP contribution in [0.2, 0.25) is 0 Å². The molecule has 1 atom stereocenters. The highest BCUT2D eigenvalue weighted by atomic mass is 15.2. The molecule has 1 saturated carbocycles. The number of nitrogens with one attached hydrogen (secondary N) is 1. The van der Waals surface area contributed by atoms with E-state index in [1.807, 2.05) is 17.9 Å². The van der Waals surface area contributed by atoms with Crippen molar-refractivity contribution in [2.24, 2.45) is 13.0 Å². The van der Waals surface area contributed by atoms with Crippen LogP contribution in [-0.4, -0.2) is 16.3 Å². The quantitative estimate of drug-likeness (QED) is 0.791. The Labute approximate surface area is 85.5 Å². The second-order valence-electron chi connectivity index (χ2n) is 4.37. The predicted octanol–water partition coefficient (Wildman–Crippen LogP) is 1.87. The standard InChI is InChI=1S/C11H19N3/c1-9(11-7-13-14(2)8-11)12-6-10-4-3-5-10/h7-10,12H,3-6H2,1-2H3. The lowest BCUT2D eigenvalue weighted by Gasteiger charge is -2.27. The van der Waals surface area contributed by atoms with E-state index in [9.17, 15) is 0 Å². The summed E-state index contributed by atoms with van der Waals surface area (Å²) in [5.41, 5.74) is 1.28. The average molecular weight is 193 g/mol. The predicted molar refractivity (Wildman–Crippen MR) is 57.0 cm³/mol. The van der Waals surface area contributed by atoms with E-state index in [4.69, 9.17) is 0 Å². The SMILES string of the molecule is CC(NCC1CCC1)c1cnn(C)c1. The summed E-state index contributed by atoms with van der Waals surface area (Å²) >= 11 is 0. The summed E-state index contributed by atoms with van der Waals surface area (Å²) in [7, 11) is 1.96. The Balaban J connectivity index is 1.79. The van der Waals surface area contributed by atoms with Gasteiger partial charge >= 0.3 is 0 Å². The molecule has 14 heavy (non-hydrogen) atoms. The van der Waals surface area contributed by atoms with Crippen LogP contribution >= 0.6 is 0 Å². The largest absolute Gasteiger partial charge is 0.310 e. The van der Waals surface area contributed by atoms with Crippen LogP contribution in [0.4, 0.5) is 0 Å². The van der Waals surface area contributed by atoms with Gasteiger partial charge in [0, 0.05) is 24.8 Å². The molecule has 2 rings (SSSR count). The maximum Gasteiger partial charge on any atom is 0.0537 e. The van der Waals surface area contributed by atoms with Crippen LogP contribution in [0, 0.1) is 5.92 Å². The van der Waals surface area contributed by atoms with E-state index in [0.29, 0.717) is 6.04 Å². The van der Waals surface area contributed by atoms with E-state index < -0.39 is 0 Å². The zero-order chi connectivity index (χ0) is 9.97. The zero-order valence-corrected chi connectivity index (χ0v) is 9.03. The van der Waals surface area contributed by atoms with Crippen molar-refractivity contribution in [2.45, 2.75) is 32.2 Å². The molecule has 0 amide bonds. The molecule has 0 aliphatic heterocycles.